The maximum atomic E-state index is 9.45. The summed E-state index contributed by atoms with van der Waals surface area (Å²) < 4.78 is 6.28. The molecule has 2 rings (SSSR count). The molecule has 0 spiro atoms. The number of aromatic hydroxyl groups is 1. The zero-order chi connectivity index (χ0) is 13.8. The zero-order valence-corrected chi connectivity index (χ0v) is 10.5. The lowest BCUT2D eigenvalue weighted by atomic mass is 10.2. The van der Waals surface area contributed by atoms with Crippen LogP contribution in [0.2, 0.25) is 0 Å². The first-order valence-electron chi connectivity index (χ1n) is 5.45. The topological polar surface area (TPSA) is 111 Å². The number of hydrogen-bond donors (Lipinski definition) is 3. The lowest BCUT2D eigenvalue weighted by Crippen LogP contribution is -2.13. The van der Waals surface area contributed by atoms with Gasteiger partial charge in [-0.2, -0.15) is 5.10 Å². The summed E-state index contributed by atoms with van der Waals surface area (Å²) in [6.45, 7) is 1.73. The molecule has 2 aromatic rings. The van der Waals surface area contributed by atoms with Crippen LogP contribution >= 0.6 is 0 Å². The van der Waals surface area contributed by atoms with Crippen molar-refractivity contribution in [1.29, 1.82) is 0 Å². The van der Waals surface area contributed by atoms with Crippen LogP contribution in [0.1, 0.15) is 11.4 Å². The van der Waals surface area contributed by atoms with E-state index in [1.165, 1.54) is 17.9 Å². The number of aryl methyl sites for hydroxylation is 1. The number of benzene rings is 1. The fourth-order valence-electron chi connectivity index (χ4n) is 1.38. The molecule has 100 valence electrons. The first-order valence-corrected chi connectivity index (χ1v) is 5.45. The lowest BCUT2D eigenvalue weighted by molar-refractivity contribution is 0.373. The van der Waals surface area contributed by atoms with Crippen molar-refractivity contribution < 1.29 is 9.84 Å². The van der Waals surface area contributed by atoms with Crippen LogP contribution in [0.3, 0.4) is 0 Å². The van der Waals surface area contributed by atoms with Gasteiger partial charge in [0.2, 0.25) is 0 Å². The highest BCUT2D eigenvalue weighted by Crippen LogP contribution is 2.25. The lowest BCUT2D eigenvalue weighted by Gasteiger charge is -2.03. The van der Waals surface area contributed by atoms with Gasteiger partial charge in [-0.3, -0.25) is 0 Å². The number of nitrogens with one attached hydrogen (secondary N) is 1. The molecule has 0 aliphatic rings. The van der Waals surface area contributed by atoms with Crippen LogP contribution in [-0.4, -0.2) is 33.3 Å². The molecule has 0 fully saturated rings. The molecule has 0 amide bonds. The van der Waals surface area contributed by atoms with Gasteiger partial charge in [0.25, 0.3) is 5.95 Å². The van der Waals surface area contributed by atoms with E-state index in [2.05, 4.69) is 20.7 Å². The number of rotatable bonds is 4. The number of phenolic OH excluding ortho intramolecular Hbond substituents is 1. The highest BCUT2D eigenvalue weighted by molar-refractivity contribution is 5.81. The van der Waals surface area contributed by atoms with Crippen molar-refractivity contribution in [3.8, 4) is 11.5 Å². The van der Waals surface area contributed by atoms with Gasteiger partial charge in [0, 0.05) is 0 Å². The number of nitrogens with zero attached hydrogens (tertiary/aromatic N) is 4. The predicted octanol–water partition coefficient (Wildman–Crippen LogP) is 0.461. The average Bonchev–Trinajstić information content (AvgIpc) is 2.72. The number of hydrazone groups is 1. The van der Waals surface area contributed by atoms with Crippen LogP contribution in [0.15, 0.2) is 23.3 Å². The number of nitrogen functional groups attached to an aromatic ring is 1. The SMILES string of the molecule is COc1cc(/C=N/Nc2nnc(C)n2N)ccc1O. The summed E-state index contributed by atoms with van der Waals surface area (Å²) in [5.41, 5.74) is 3.42. The molecular formula is C11H14N6O2. The maximum Gasteiger partial charge on any atom is 0.263 e. The van der Waals surface area contributed by atoms with Gasteiger partial charge >= 0.3 is 0 Å². The molecule has 1 aromatic carbocycles. The summed E-state index contributed by atoms with van der Waals surface area (Å²) in [5, 5.41) is 21.0. The minimum Gasteiger partial charge on any atom is -0.504 e. The fourth-order valence-corrected chi connectivity index (χ4v) is 1.38. The fraction of sp³-hybridized carbons (Fsp3) is 0.182. The van der Waals surface area contributed by atoms with Crippen LogP contribution in [0, 0.1) is 6.92 Å². The second-order valence-electron chi connectivity index (χ2n) is 3.74. The van der Waals surface area contributed by atoms with Gasteiger partial charge in [-0.05, 0) is 30.7 Å². The summed E-state index contributed by atoms with van der Waals surface area (Å²) in [7, 11) is 1.48. The van der Waals surface area contributed by atoms with Crippen LogP contribution < -0.4 is 16.0 Å². The van der Waals surface area contributed by atoms with Crippen LogP contribution in [0.25, 0.3) is 0 Å². The first kappa shape index (κ1) is 12.7. The number of phenols is 1. The van der Waals surface area contributed by atoms with Crippen molar-refractivity contribution >= 4 is 12.2 Å². The Balaban J connectivity index is 2.09. The molecule has 0 aliphatic heterocycles. The van der Waals surface area contributed by atoms with Gasteiger partial charge in [0.15, 0.2) is 17.3 Å². The molecule has 0 unspecified atom stereocenters. The Hall–Kier alpha value is -2.77. The Morgan fingerprint density at radius 3 is 2.89 bits per heavy atom. The Bertz CT molecular complexity index is 607. The van der Waals surface area contributed by atoms with Crippen molar-refractivity contribution in [2.45, 2.75) is 6.92 Å². The molecule has 4 N–H and O–H groups in total. The molecule has 0 radical (unpaired) electrons. The molecule has 19 heavy (non-hydrogen) atoms. The largest absolute Gasteiger partial charge is 0.504 e. The molecule has 8 heteroatoms. The standard InChI is InChI=1S/C11H14N6O2/c1-7-14-16-11(17(7)12)15-13-6-8-3-4-9(18)10(5-8)19-2/h3-6,18H,12H2,1-2H3,(H,15,16)/b13-6+. The second kappa shape index (κ2) is 5.25. The number of anilines is 1. The highest BCUT2D eigenvalue weighted by atomic mass is 16.5. The monoisotopic (exact) mass is 262 g/mol. The first-order chi connectivity index (χ1) is 9.11. The molecule has 0 saturated carbocycles. The van der Waals surface area contributed by atoms with E-state index in [1.54, 1.807) is 25.3 Å². The van der Waals surface area contributed by atoms with E-state index in [0.29, 0.717) is 17.5 Å². The number of aromatic nitrogens is 3. The van der Waals surface area contributed by atoms with Gasteiger partial charge in [0.05, 0.1) is 13.3 Å². The Morgan fingerprint density at radius 2 is 2.26 bits per heavy atom. The summed E-state index contributed by atoms with van der Waals surface area (Å²) in [4.78, 5) is 0. The molecule has 1 heterocycles. The Labute approximate surface area is 109 Å². The molecule has 1 aromatic heterocycles. The van der Waals surface area contributed by atoms with Crippen molar-refractivity contribution in [3.05, 3.63) is 29.6 Å². The van der Waals surface area contributed by atoms with E-state index in [9.17, 15) is 5.11 Å². The van der Waals surface area contributed by atoms with Gasteiger partial charge in [-0.25, -0.2) is 10.1 Å². The smallest absolute Gasteiger partial charge is 0.263 e. The summed E-state index contributed by atoms with van der Waals surface area (Å²) >= 11 is 0. The summed E-state index contributed by atoms with van der Waals surface area (Å²) in [6, 6.07) is 4.87. The minimum atomic E-state index is 0.0740. The van der Waals surface area contributed by atoms with E-state index in [0.717, 1.165) is 5.56 Å². The van der Waals surface area contributed by atoms with E-state index >= 15 is 0 Å². The highest BCUT2D eigenvalue weighted by Gasteiger charge is 2.03. The van der Waals surface area contributed by atoms with Gasteiger partial charge in [-0.15, -0.1) is 10.2 Å². The van der Waals surface area contributed by atoms with Crippen molar-refractivity contribution in [2.24, 2.45) is 5.10 Å². The Kier molecular flexibility index (Phi) is 3.51. The van der Waals surface area contributed by atoms with E-state index < -0.39 is 0 Å². The van der Waals surface area contributed by atoms with Gasteiger partial charge in [-0.1, -0.05) is 0 Å². The van der Waals surface area contributed by atoms with E-state index in [-0.39, 0.29) is 5.75 Å². The molecular weight excluding hydrogens is 248 g/mol. The quantitative estimate of drug-likeness (QED) is 0.419. The van der Waals surface area contributed by atoms with Gasteiger partial charge < -0.3 is 15.7 Å². The predicted molar refractivity (Wildman–Crippen MR) is 70.8 cm³/mol. The van der Waals surface area contributed by atoms with Crippen LogP contribution in [-0.2, 0) is 0 Å². The van der Waals surface area contributed by atoms with Crippen molar-refractivity contribution in [1.82, 2.24) is 14.9 Å². The molecule has 0 aliphatic carbocycles. The maximum absolute atomic E-state index is 9.45. The number of methoxy groups -OCH3 is 1. The summed E-state index contributed by atoms with van der Waals surface area (Å²) in [5.74, 6) is 7.01. The Morgan fingerprint density at radius 1 is 1.47 bits per heavy atom. The third-order valence-corrected chi connectivity index (χ3v) is 2.45. The third-order valence-electron chi connectivity index (χ3n) is 2.45. The summed E-state index contributed by atoms with van der Waals surface area (Å²) in [6.07, 6.45) is 1.55. The van der Waals surface area contributed by atoms with Crippen molar-refractivity contribution in [3.63, 3.8) is 0 Å². The van der Waals surface area contributed by atoms with Crippen LogP contribution in [0.4, 0.5) is 5.95 Å². The van der Waals surface area contributed by atoms with Gasteiger partial charge in [0.1, 0.15) is 0 Å². The van der Waals surface area contributed by atoms with Crippen molar-refractivity contribution in [2.75, 3.05) is 18.4 Å². The zero-order valence-electron chi connectivity index (χ0n) is 10.5. The molecule has 8 nitrogen and oxygen atoms in total. The number of nitrogens with two attached hydrogens (primary N) is 1. The molecule has 0 bridgehead atoms. The van der Waals surface area contributed by atoms with E-state index in [4.69, 9.17) is 10.6 Å². The second-order valence-corrected chi connectivity index (χ2v) is 3.74. The average molecular weight is 262 g/mol. The number of ether oxygens (including phenoxy) is 1. The molecule has 0 atom stereocenters. The molecule has 0 saturated heterocycles. The number of hydrogen-bond acceptors (Lipinski definition) is 7. The van der Waals surface area contributed by atoms with Crippen LogP contribution in [0.5, 0.6) is 11.5 Å². The van der Waals surface area contributed by atoms with E-state index in [1.807, 2.05) is 0 Å². The minimum absolute atomic E-state index is 0.0740. The normalized spacial score (nSPS) is 10.8. The third kappa shape index (κ3) is 2.73.